The van der Waals surface area contributed by atoms with Crippen LogP contribution in [0, 0.1) is 17.5 Å². The molecule has 0 aliphatic carbocycles. The standard InChI is InChI=1S/C30H26F6O2/c1-37-15-14-20-4-2-19(3-5-20)6-7-21-9-13-25-24(16-21)12-11-23(28(25)33)10-8-22-17-26(31)29(27(32)18-22)38-30(34,35)36/h2-5,9,11-13,16-18H,6-8,10,14-15H2,1H3. The Bertz CT molecular complexity index is 1370. The molecule has 0 fully saturated rings. The number of alkyl halides is 3. The Hall–Kier alpha value is -3.52. The molecule has 0 atom stereocenters. The van der Waals surface area contributed by atoms with Crippen LogP contribution in [0.4, 0.5) is 26.3 Å². The number of benzene rings is 4. The Morgan fingerprint density at radius 2 is 1.21 bits per heavy atom. The van der Waals surface area contributed by atoms with Gasteiger partial charge in [-0.1, -0.05) is 54.6 Å². The molecule has 8 heteroatoms. The number of aryl methyl sites for hydroxylation is 4. The molecule has 0 N–H and O–H groups in total. The Morgan fingerprint density at radius 1 is 0.632 bits per heavy atom. The van der Waals surface area contributed by atoms with Crippen LogP contribution in [-0.4, -0.2) is 20.1 Å². The fraction of sp³-hybridized carbons (Fsp3) is 0.267. The van der Waals surface area contributed by atoms with Crippen molar-refractivity contribution in [3.63, 3.8) is 0 Å². The Labute approximate surface area is 216 Å². The summed E-state index contributed by atoms with van der Waals surface area (Å²) >= 11 is 0. The van der Waals surface area contributed by atoms with Gasteiger partial charge in [0.1, 0.15) is 5.82 Å². The SMILES string of the molecule is COCCc1ccc(CCc2ccc3c(F)c(CCc4cc(F)c(OC(F)(F)F)c(F)c4)ccc3c2)cc1. The van der Waals surface area contributed by atoms with E-state index in [1.807, 2.05) is 12.1 Å². The van der Waals surface area contributed by atoms with E-state index in [1.165, 1.54) is 11.1 Å². The highest BCUT2D eigenvalue weighted by atomic mass is 19.4. The van der Waals surface area contributed by atoms with E-state index in [9.17, 15) is 22.0 Å². The first-order chi connectivity index (χ1) is 18.1. The predicted octanol–water partition coefficient (Wildman–Crippen LogP) is 7.92. The van der Waals surface area contributed by atoms with Crippen LogP contribution in [0.5, 0.6) is 5.75 Å². The normalized spacial score (nSPS) is 11.8. The highest BCUT2D eigenvalue weighted by Crippen LogP contribution is 2.30. The zero-order valence-electron chi connectivity index (χ0n) is 20.7. The van der Waals surface area contributed by atoms with Gasteiger partial charge in [-0.15, -0.1) is 13.2 Å². The molecule has 2 nitrogen and oxygen atoms in total. The van der Waals surface area contributed by atoms with Crippen molar-refractivity contribution in [3.8, 4) is 5.75 Å². The molecule has 4 aromatic carbocycles. The first-order valence-electron chi connectivity index (χ1n) is 12.1. The first kappa shape index (κ1) is 27.5. The van der Waals surface area contributed by atoms with Crippen LogP contribution in [0.15, 0.2) is 66.7 Å². The lowest BCUT2D eigenvalue weighted by Gasteiger charge is -2.12. The molecule has 0 heterocycles. The van der Waals surface area contributed by atoms with E-state index in [0.29, 0.717) is 17.6 Å². The van der Waals surface area contributed by atoms with Crippen LogP contribution in [0.3, 0.4) is 0 Å². The lowest BCUT2D eigenvalue weighted by atomic mass is 9.97. The molecule has 38 heavy (non-hydrogen) atoms. The van der Waals surface area contributed by atoms with Crippen molar-refractivity contribution in [2.45, 2.75) is 38.5 Å². The molecule has 200 valence electrons. The minimum absolute atomic E-state index is 0.0326. The summed E-state index contributed by atoms with van der Waals surface area (Å²) in [5.74, 6) is -4.87. The van der Waals surface area contributed by atoms with Gasteiger partial charge in [0.25, 0.3) is 0 Å². The van der Waals surface area contributed by atoms with Gasteiger partial charge in [0, 0.05) is 12.5 Å². The highest BCUT2D eigenvalue weighted by Gasteiger charge is 2.34. The minimum Gasteiger partial charge on any atom is -0.399 e. The van der Waals surface area contributed by atoms with Gasteiger partial charge in [-0.2, -0.15) is 0 Å². The van der Waals surface area contributed by atoms with E-state index >= 15 is 4.39 Å². The summed E-state index contributed by atoms with van der Waals surface area (Å²) in [6, 6.07) is 18.9. The summed E-state index contributed by atoms with van der Waals surface area (Å²) in [7, 11) is 1.68. The third-order valence-corrected chi connectivity index (χ3v) is 6.38. The summed E-state index contributed by atoms with van der Waals surface area (Å²) < 4.78 is 88.7. The summed E-state index contributed by atoms with van der Waals surface area (Å²) in [5.41, 5.74) is 3.93. The lowest BCUT2D eigenvalue weighted by molar-refractivity contribution is -0.276. The average Bonchev–Trinajstić information content (AvgIpc) is 2.88. The summed E-state index contributed by atoms with van der Waals surface area (Å²) in [5, 5.41) is 1.17. The van der Waals surface area contributed by atoms with Crippen molar-refractivity contribution < 1.29 is 35.8 Å². The molecule has 0 amide bonds. The number of hydrogen-bond donors (Lipinski definition) is 0. The summed E-state index contributed by atoms with van der Waals surface area (Å²) in [6.45, 7) is 0.680. The molecule has 0 bridgehead atoms. The number of methoxy groups -OCH3 is 1. The van der Waals surface area contributed by atoms with Gasteiger partial charge in [-0.3, -0.25) is 0 Å². The van der Waals surface area contributed by atoms with Crippen LogP contribution in [0.1, 0.15) is 27.8 Å². The van der Waals surface area contributed by atoms with Crippen molar-refractivity contribution in [2.75, 3.05) is 13.7 Å². The van der Waals surface area contributed by atoms with E-state index in [0.717, 1.165) is 42.3 Å². The van der Waals surface area contributed by atoms with E-state index < -0.39 is 29.6 Å². The number of hydrogen-bond acceptors (Lipinski definition) is 2. The van der Waals surface area contributed by atoms with Gasteiger partial charge in [-0.05, 0) is 77.4 Å². The van der Waals surface area contributed by atoms with Gasteiger partial charge in [0.2, 0.25) is 5.75 Å². The fourth-order valence-corrected chi connectivity index (χ4v) is 4.37. The molecule has 0 aliphatic rings. The zero-order chi connectivity index (χ0) is 27.3. The Morgan fingerprint density at radius 3 is 1.84 bits per heavy atom. The first-order valence-corrected chi connectivity index (χ1v) is 12.1. The van der Waals surface area contributed by atoms with Crippen LogP contribution in [-0.2, 0) is 36.8 Å². The molecular weight excluding hydrogens is 506 g/mol. The molecule has 4 aromatic rings. The monoisotopic (exact) mass is 532 g/mol. The van der Waals surface area contributed by atoms with Crippen LogP contribution < -0.4 is 4.74 Å². The predicted molar refractivity (Wildman–Crippen MR) is 134 cm³/mol. The molecule has 0 unspecified atom stereocenters. The number of rotatable bonds is 10. The van der Waals surface area contributed by atoms with Crippen molar-refractivity contribution >= 4 is 10.8 Å². The van der Waals surface area contributed by atoms with Crippen LogP contribution in [0.2, 0.25) is 0 Å². The Balaban J connectivity index is 1.41. The number of ether oxygens (including phenoxy) is 2. The van der Waals surface area contributed by atoms with E-state index in [-0.39, 0.29) is 18.4 Å². The topological polar surface area (TPSA) is 18.5 Å². The van der Waals surface area contributed by atoms with E-state index in [2.05, 4.69) is 29.0 Å². The van der Waals surface area contributed by atoms with E-state index in [1.54, 1.807) is 25.3 Å². The Kier molecular flexibility index (Phi) is 8.62. The minimum atomic E-state index is -5.22. The molecule has 0 spiro atoms. The highest BCUT2D eigenvalue weighted by molar-refractivity contribution is 5.84. The second kappa shape index (κ2) is 11.9. The molecule has 0 radical (unpaired) electrons. The third-order valence-electron chi connectivity index (χ3n) is 6.38. The number of halogens is 6. The summed E-state index contributed by atoms with van der Waals surface area (Å²) in [4.78, 5) is 0. The van der Waals surface area contributed by atoms with Gasteiger partial charge in [-0.25, -0.2) is 13.2 Å². The smallest absolute Gasteiger partial charge is 0.399 e. The molecule has 0 aliphatic heterocycles. The van der Waals surface area contributed by atoms with Crippen molar-refractivity contribution in [3.05, 3.63) is 112 Å². The van der Waals surface area contributed by atoms with Gasteiger partial charge < -0.3 is 9.47 Å². The fourth-order valence-electron chi connectivity index (χ4n) is 4.37. The van der Waals surface area contributed by atoms with Gasteiger partial charge in [0.05, 0.1) is 6.61 Å². The largest absolute Gasteiger partial charge is 0.573 e. The third kappa shape index (κ3) is 7.07. The summed E-state index contributed by atoms with van der Waals surface area (Å²) in [6.07, 6.45) is -2.56. The second-order valence-electron chi connectivity index (χ2n) is 9.09. The van der Waals surface area contributed by atoms with Crippen molar-refractivity contribution in [1.29, 1.82) is 0 Å². The average molecular weight is 533 g/mol. The number of fused-ring (bicyclic) bond motifs is 1. The van der Waals surface area contributed by atoms with Crippen molar-refractivity contribution in [1.82, 2.24) is 0 Å². The molecule has 0 saturated heterocycles. The van der Waals surface area contributed by atoms with Gasteiger partial charge >= 0.3 is 6.36 Å². The van der Waals surface area contributed by atoms with Crippen molar-refractivity contribution in [2.24, 2.45) is 0 Å². The maximum atomic E-state index is 15.2. The molecule has 0 aromatic heterocycles. The lowest BCUT2D eigenvalue weighted by Crippen LogP contribution is -2.19. The molecule has 0 saturated carbocycles. The molecular formula is C30H26F6O2. The zero-order valence-corrected chi connectivity index (χ0v) is 20.7. The quantitative estimate of drug-likeness (QED) is 0.193. The maximum Gasteiger partial charge on any atom is 0.573 e. The van der Waals surface area contributed by atoms with Crippen LogP contribution >= 0.6 is 0 Å². The second-order valence-corrected chi connectivity index (χ2v) is 9.09. The van der Waals surface area contributed by atoms with Crippen LogP contribution in [0.25, 0.3) is 10.8 Å². The maximum absolute atomic E-state index is 15.2. The molecule has 4 rings (SSSR count). The van der Waals surface area contributed by atoms with Gasteiger partial charge in [0.15, 0.2) is 11.6 Å². The van der Waals surface area contributed by atoms with E-state index in [4.69, 9.17) is 4.74 Å².